The standard InChI is InChI=1S/C17H12N4OS/c22-15(13-9-5-2-6-10-13)16-14(12-7-3-1-4-8-12)20-21-11-18-19-17(21)23-16/h1-11,16H/t16-/m1/s1. The van der Waals surface area contributed by atoms with Gasteiger partial charge in [-0.05, 0) is 5.56 Å². The van der Waals surface area contributed by atoms with E-state index in [1.807, 2.05) is 60.7 Å². The summed E-state index contributed by atoms with van der Waals surface area (Å²) in [6.07, 6.45) is 1.55. The van der Waals surface area contributed by atoms with Gasteiger partial charge in [-0.1, -0.05) is 72.4 Å². The minimum Gasteiger partial charge on any atom is -0.292 e. The minimum atomic E-state index is -0.434. The molecule has 0 spiro atoms. The molecular formula is C17H12N4OS. The Bertz CT molecular complexity index is 874. The van der Waals surface area contributed by atoms with E-state index < -0.39 is 5.25 Å². The van der Waals surface area contributed by atoms with Crippen molar-refractivity contribution in [3.05, 3.63) is 78.1 Å². The Labute approximate surface area is 137 Å². The maximum Gasteiger partial charge on any atom is 0.212 e. The van der Waals surface area contributed by atoms with Gasteiger partial charge in [0.15, 0.2) is 5.78 Å². The molecule has 0 saturated carbocycles. The van der Waals surface area contributed by atoms with Gasteiger partial charge < -0.3 is 0 Å². The van der Waals surface area contributed by atoms with E-state index >= 15 is 0 Å². The number of nitrogens with zero attached hydrogens (tertiary/aromatic N) is 4. The number of benzene rings is 2. The van der Waals surface area contributed by atoms with Gasteiger partial charge in [0.05, 0.1) is 5.71 Å². The second-order valence-corrected chi connectivity index (χ2v) is 6.11. The Balaban J connectivity index is 1.80. The zero-order valence-corrected chi connectivity index (χ0v) is 12.9. The third-order valence-electron chi connectivity index (χ3n) is 3.55. The molecule has 1 aliphatic heterocycles. The highest BCUT2D eigenvalue weighted by molar-refractivity contribution is 8.01. The number of hydrogen-bond donors (Lipinski definition) is 0. The fraction of sp³-hybridized carbons (Fsp3) is 0.0588. The Morgan fingerprint density at radius 2 is 1.70 bits per heavy atom. The summed E-state index contributed by atoms with van der Waals surface area (Å²) < 4.78 is 1.61. The Morgan fingerprint density at radius 1 is 1.00 bits per heavy atom. The maximum atomic E-state index is 13.0. The quantitative estimate of drug-likeness (QED) is 0.696. The van der Waals surface area contributed by atoms with Gasteiger partial charge in [-0.2, -0.15) is 9.78 Å². The molecule has 6 heteroatoms. The summed E-state index contributed by atoms with van der Waals surface area (Å²) in [6.45, 7) is 0. The van der Waals surface area contributed by atoms with Crippen LogP contribution in [-0.2, 0) is 0 Å². The van der Waals surface area contributed by atoms with Crippen LogP contribution in [-0.4, -0.2) is 31.6 Å². The summed E-state index contributed by atoms with van der Waals surface area (Å²) in [5.41, 5.74) is 2.31. The molecule has 0 radical (unpaired) electrons. The minimum absolute atomic E-state index is 0.0208. The van der Waals surface area contributed by atoms with Crippen molar-refractivity contribution in [3.63, 3.8) is 0 Å². The molecule has 0 N–H and O–H groups in total. The number of Topliss-reactive ketones (excluding diaryl/α,β-unsaturated/α-hetero) is 1. The van der Waals surface area contributed by atoms with E-state index in [9.17, 15) is 4.79 Å². The average molecular weight is 320 g/mol. The predicted octanol–water partition coefficient (Wildman–Crippen LogP) is 2.89. The predicted molar refractivity (Wildman–Crippen MR) is 88.8 cm³/mol. The molecule has 0 saturated heterocycles. The molecule has 2 heterocycles. The van der Waals surface area contributed by atoms with E-state index in [0.717, 1.165) is 11.3 Å². The van der Waals surface area contributed by atoms with Crippen LogP contribution in [0.25, 0.3) is 0 Å². The maximum absolute atomic E-state index is 13.0. The van der Waals surface area contributed by atoms with Crippen molar-refractivity contribution in [2.24, 2.45) is 5.10 Å². The lowest BCUT2D eigenvalue weighted by Crippen LogP contribution is -2.31. The summed E-state index contributed by atoms with van der Waals surface area (Å²) >= 11 is 1.38. The van der Waals surface area contributed by atoms with Crippen molar-refractivity contribution >= 4 is 23.3 Å². The first-order valence-corrected chi connectivity index (χ1v) is 8.01. The lowest BCUT2D eigenvalue weighted by atomic mass is 10.0. The van der Waals surface area contributed by atoms with Gasteiger partial charge in [0.25, 0.3) is 0 Å². The van der Waals surface area contributed by atoms with Crippen LogP contribution in [0.2, 0.25) is 0 Å². The number of carbonyl (C=O) groups is 1. The van der Waals surface area contributed by atoms with E-state index in [1.54, 1.807) is 11.0 Å². The second kappa shape index (κ2) is 5.81. The highest BCUT2D eigenvalue weighted by Gasteiger charge is 2.33. The van der Waals surface area contributed by atoms with Crippen molar-refractivity contribution in [1.29, 1.82) is 0 Å². The van der Waals surface area contributed by atoms with Crippen LogP contribution >= 0.6 is 11.8 Å². The summed E-state index contributed by atoms with van der Waals surface area (Å²) in [5.74, 6) is 0.0208. The normalized spacial score (nSPS) is 16.5. The van der Waals surface area contributed by atoms with Gasteiger partial charge in [0, 0.05) is 5.56 Å². The van der Waals surface area contributed by atoms with E-state index in [4.69, 9.17) is 0 Å². The Morgan fingerprint density at radius 3 is 2.43 bits per heavy atom. The van der Waals surface area contributed by atoms with Crippen LogP contribution < -0.4 is 0 Å². The molecule has 0 aliphatic carbocycles. The number of thioether (sulfide) groups is 1. The second-order valence-electron chi connectivity index (χ2n) is 5.04. The summed E-state index contributed by atoms with van der Waals surface area (Å²) in [6, 6.07) is 19.0. The average Bonchev–Trinajstić information content (AvgIpc) is 3.09. The molecule has 1 atom stereocenters. The van der Waals surface area contributed by atoms with Crippen LogP contribution in [0.1, 0.15) is 15.9 Å². The number of rotatable bonds is 3. The molecular weight excluding hydrogens is 308 g/mol. The third-order valence-corrected chi connectivity index (χ3v) is 4.71. The molecule has 0 bridgehead atoms. The largest absolute Gasteiger partial charge is 0.292 e. The van der Waals surface area contributed by atoms with Crippen molar-refractivity contribution < 1.29 is 4.79 Å². The lowest BCUT2D eigenvalue weighted by Gasteiger charge is -2.21. The van der Waals surface area contributed by atoms with Crippen molar-refractivity contribution in [3.8, 4) is 0 Å². The fourth-order valence-corrected chi connectivity index (χ4v) is 3.48. The highest BCUT2D eigenvalue weighted by atomic mass is 32.2. The molecule has 0 unspecified atom stereocenters. The van der Waals surface area contributed by atoms with Gasteiger partial charge in [-0.25, -0.2) is 0 Å². The number of hydrogen-bond acceptors (Lipinski definition) is 5. The van der Waals surface area contributed by atoms with E-state index in [2.05, 4.69) is 15.3 Å². The topological polar surface area (TPSA) is 60.1 Å². The number of ketones is 1. The SMILES string of the molecule is O=C(c1ccccc1)[C@@H]1Sc2nncn2N=C1c1ccccc1. The van der Waals surface area contributed by atoms with Gasteiger partial charge in [-0.15, -0.1) is 10.2 Å². The number of aromatic nitrogens is 3. The third kappa shape index (κ3) is 2.57. The van der Waals surface area contributed by atoms with Crippen LogP contribution in [0.4, 0.5) is 0 Å². The zero-order valence-electron chi connectivity index (χ0n) is 12.0. The van der Waals surface area contributed by atoms with Crippen LogP contribution in [0.5, 0.6) is 0 Å². The van der Waals surface area contributed by atoms with E-state index in [-0.39, 0.29) is 5.78 Å². The van der Waals surface area contributed by atoms with E-state index in [0.29, 0.717) is 10.7 Å². The van der Waals surface area contributed by atoms with Crippen molar-refractivity contribution in [2.75, 3.05) is 0 Å². The molecule has 1 aromatic heterocycles. The van der Waals surface area contributed by atoms with Gasteiger partial charge in [0.2, 0.25) is 5.16 Å². The van der Waals surface area contributed by atoms with Crippen LogP contribution in [0.15, 0.2) is 77.2 Å². The van der Waals surface area contributed by atoms with Crippen LogP contribution in [0.3, 0.4) is 0 Å². The summed E-state index contributed by atoms with van der Waals surface area (Å²) in [4.78, 5) is 13.0. The van der Waals surface area contributed by atoms with Gasteiger partial charge in [-0.3, -0.25) is 4.79 Å². The molecule has 0 amide bonds. The molecule has 3 aromatic rings. The Kier molecular flexibility index (Phi) is 3.51. The monoisotopic (exact) mass is 320 g/mol. The molecule has 4 rings (SSSR count). The molecule has 5 nitrogen and oxygen atoms in total. The molecule has 1 aliphatic rings. The first-order valence-electron chi connectivity index (χ1n) is 7.13. The smallest absolute Gasteiger partial charge is 0.212 e. The van der Waals surface area contributed by atoms with Crippen molar-refractivity contribution in [1.82, 2.24) is 14.9 Å². The number of fused-ring (bicyclic) bond motifs is 1. The molecule has 0 fully saturated rings. The summed E-state index contributed by atoms with van der Waals surface area (Å²) in [5, 5.41) is 12.7. The zero-order chi connectivity index (χ0) is 15.6. The first kappa shape index (κ1) is 13.9. The van der Waals surface area contributed by atoms with Crippen molar-refractivity contribution in [2.45, 2.75) is 10.4 Å². The number of carbonyl (C=O) groups excluding carboxylic acids is 1. The molecule has 112 valence electrons. The van der Waals surface area contributed by atoms with Gasteiger partial charge >= 0.3 is 0 Å². The lowest BCUT2D eigenvalue weighted by molar-refractivity contribution is 0.100. The summed E-state index contributed by atoms with van der Waals surface area (Å²) in [7, 11) is 0. The van der Waals surface area contributed by atoms with Gasteiger partial charge in [0.1, 0.15) is 11.6 Å². The van der Waals surface area contributed by atoms with E-state index in [1.165, 1.54) is 11.8 Å². The molecule has 23 heavy (non-hydrogen) atoms. The first-order chi connectivity index (χ1) is 11.3. The van der Waals surface area contributed by atoms with Crippen LogP contribution in [0, 0.1) is 0 Å². The molecule has 2 aromatic carbocycles. The fourth-order valence-electron chi connectivity index (χ4n) is 2.44. The highest BCUT2D eigenvalue weighted by Crippen LogP contribution is 2.31. The Hall–Kier alpha value is -2.73.